The predicted octanol–water partition coefficient (Wildman–Crippen LogP) is 3.28. The summed E-state index contributed by atoms with van der Waals surface area (Å²) in [6.07, 6.45) is 2.82. The summed E-state index contributed by atoms with van der Waals surface area (Å²) in [6, 6.07) is 0. The third-order valence-corrected chi connectivity index (χ3v) is 4.84. The highest BCUT2D eigenvalue weighted by Gasteiger charge is 2.25. The fraction of sp³-hybridized carbons (Fsp3) is 0.692. The average Bonchev–Trinajstić information content (AvgIpc) is 2.53. The van der Waals surface area contributed by atoms with Gasteiger partial charge in [-0.15, -0.1) is 0 Å². The van der Waals surface area contributed by atoms with E-state index in [4.69, 9.17) is 11.6 Å². The van der Waals surface area contributed by atoms with Gasteiger partial charge >= 0.3 is 0 Å². The monoisotopic (exact) mass is 300 g/mol. The van der Waals surface area contributed by atoms with Gasteiger partial charge in [0.15, 0.2) is 5.82 Å². The maximum Gasteiger partial charge on any atom is 0.224 e. The molecule has 19 heavy (non-hydrogen) atoms. The van der Waals surface area contributed by atoms with Gasteiger partial charge in [-0.05, 0) is 13.3 Å². The Labute approximate surface area is 124 Å². The summed E-state index contributed by atoms with van der Waals surface area (Å²) in [7, 11) is 0. The summed E-state index contributed by atoms with van der Waals surface area (Å²) in [6.45, 7) is 9.41. The Bertz CT molecular complexity index is 439. The van der Waals surface area contributed by atoms with Crippen LogP contribution in [0.4, 0.5) is 11.8 Å². The molecular formula is C13H21ClN4S. The van der Waals surface area contributed by atoms with E-state index < -0.39 is 0 Å². The molecular weight excluding hydrogens is 280 g/mol. The van der Waals surface area contributed by atoms with E-state index in [1.807, 2.05) is 18.7 Å². The summed E-state index contributed by atoms with van der Waals surface area (Å²) in [5.74, 6) is 2.60. The maximum absolute atomic E-state index is 6.25. The number of aromatic nitrogens is 2. The number of halogens is 1. The van der Waals surface area contributed by atoms with Crippen LogP contribution >= 0.6 is 23.4 Å². The van der Waals surface area contributed by atoms with Crippen molar-refractivity contribution in [3.05, 3.63) is 11.2 Å². The van der Waals surface area contributed by atoms with Crippen molar-refractivity contribution in [3.63, 3.8) is 0 Å². The molecule has 1 aliphatic heterocycles. The molecule has 106 valence electrons. The molecule has 2 heterocycles. The molecule has 0 amide bonds. The molecule has 1 aromatic heterocycles. The summed E-state index contributed by atoms with van der Waals surface area (Å²) in [4.78, 5) is 11.0. The molecule has 1 fully saturated rings. The van der Waals surface area contributed by atoms with Crippen molar-refractivity contribution in [2.24, 2.45) is 0 Å². The van der Waals surface area contributed by atoms with Crippen molar-refractivity contribution in [1.29, 1.82) is 0 Å². The van der Waals surface area contributed by atoms with Crippen LogP contribution < -0.4 is 10.2 Å². The molecule has 0 saturated carbocycles. The van der Waals surface area contributed by atoms with Crippen molar-refractivity contribution < 1.29 is 0 Å². The Hall–Kier alpha value is -0.680. The zero-order valence-electron chi connectivity index (χ0n) is 11.7. The van der Waals surface area contributed by atoms with E-state index in [-0.39, 0.29) is 0 Å². The van der Waals surface area contributed by atoms with Gasteiger partial charge in [0.1, 0.15) is 5.02 Å². The first-order valence-electron chi connectivity index (χ1n) is 6.67. The lowest BCUT2D eigenvalue weighted by Crippen LogP contribution is -2.28. The van der Waals surface area contributed by atoms with E-state index in [2.05, 4.69) is 34.0 Å². The largest absolute Gasteiger partial charge is 0.354 e. The van der Waals surface area contributed by atoms with Gasteiger partial charge in [-0.3, -0.25) is 0 Å². The van der Waals surface area contributed by atoms with Gasteiger partial charge in [0, 0.05) is 30.1 Å². The zero-order valence-corrected chi connectivity index (χ0v) is 13.3. The number of hydrogen-bond acceptors (Lipinski definition) is 5. The maximum atomic E-state index is 6.25. The summed E-state index contributed by atoms with van der Waals surface area (Å²) >= 11 is 8.27. The molecule has 0 bridgehead atoms. The molecule has 1 aromatic rings. The van der Waals surface area contributed by atoms with Crippen LogP contribution in [-0.4, -0.2) is 40.1 Å². The van der Waals surface area contributed by atoms with Crippen LogP contribution in [0.5, 0.6) is 0 Å². The van der Waals surface area contributed by atoms with Gasteiger partial charge in [-0.1, -0.05) is 25.4 Å². The van der Waals surface area contributed by atoms with Crippen LogP contribution in [0.2, 0.25) is 5.02 Å². The number of anilines is 2. The molecule has 0 radical (unpaired) electrons. The first-order valence-corrected chi connectivity index (χ1v) is 8.03. The van der Waals surface area contributed by atoms with Gasteiger partial charge in [0.2, 0.25) is 5.95 Å². The average molecular weight is 301 g/mol. The van der Waals surface area contributed by atoms with Crippen molar-refractivity contribution in [2.75, 3.05) is 35.6 Å². The minimum atomic E-state index is 0.332. The van der Waals surface area contributed by atoms with E-state index >= 15 is 0 Å². The van der Waals surface area contributed by atoms with Gasteiger partial charge < -0.3 is 10.2 Å². The summed E-state index contributed by atoms with van der Waals surface area (Å²) < 4.78 is 0.332. The quantitative estimate of drug-likeness (QED) is 0.928. The lowest BCUT2D eigenvalue weighted by Gasteiger charge is -2.24. The highest BCUT2D eigenvalue weighted by molar-refractivity contribution is 8.00. The Balaban J connectivity index is 2.18. The summed E-state index contributed by atoms with van der Waals surface area (Å²) in [5, 5.41) is 3.76. The highest BCUT2D eigenvalue weighted by atomic mass is 35.5. The standard InChI is InChI=1S/C13H21ClN4S/c1-4-15-12-16-9-10(14)11(17-12)18-6-5-13(2,3)19-8-7-18/h9H,4-8H2,1-3H3,(H,15,16,17). The van der Waals surface area contributed by atoms with Gasteiger partial charge in [-0.25, -0.2) is 4.98 Å². The Morgan fingerprint density at radius 2 is 2.26 bits per heavy atom. The minimum absolute atomic E-state index is 0.332. The predicted molar refractivity (Wildman–Crippen MR) is 84.6 cm³/mol. The van der Waals surface area contributed by atoms with Crippen molar-refractivity contribution in [2.45, 2.75) is 31.9 Å². The third kappa shape index (κ3) is 3.89. The topological polar surface area (TPSA) is 41.1 Å². The summed E-state index contributed by atoms with van der Waals surface area (Å²) in [5.41, 5.74) is 0. The van der Waals surface area contributed by atoms with E-state index in [1.54, 1.807) is 6.20 Å². The third-order valence-electron chi connectivity index (χ3n) is 3.20. The smallest absolute Gasteiger partial charge is 0.224 e. The first-order chi connectivity index (χ1) is 9.02. The van der Waals surface area contributed by atoms with Gasteiger partial charge in [-0.2, -0.15) is 16.7 Å². The molecule has 0 aliphatic carbocycles. The number of nitrogens with one attached hydrogen (secondary N) is 1. The van der Waals surface area contributed by atoms with Crippen LogP contribution in [0.3, 0.4) is 0 Å². The van der Waals surface area contributed by atoms with Crippen molar-refractivity contribution in [3.8, 4) is 0 Å². The minimum Gasteiger partial charge on any atom is -0.354 e. The number of hydrogen-bond donors (Lipinski definition) is 1. The molecule has 2 rings (SSSR count). The second-order valence-electron chi connectivity index (χ2n) is 5.24. The molecule has 0 unspecified atom stereocenters. The lowest BCUT2D eigenvalue weighted by molar-refractivity contribution is 0.635. The Kier molecular flexibility index (Phi) is 4.79. The second-order valence-corrected chi connectivity index (χ2v) is 7.45. The van der Waals surface area contributed by atoms with E-state index in [0.717, 1.165) is 37.6 Å². The fourth-order valence-corrected chi connectivity index (χ4v) is 3.37. The molecule has 0 aromatic carbocycles. The molecule has 4 nitrogen and oxygen atoms in total. The molecule has 1 aliphatic rings. The molecule has 6 heteroatoms. The van der Waals surface area contributed by atoms with Crippen molar-refractivity contribution in [1.82, 2.24) is 9.97 Å². The second kappa shape index (κ2) is 6.18. The fourth-order valence-electron chi connectivity index (χ4n) is 2.06. The lowest BCUT2D eigenvalue weighted by atomic mass is 10.1. The first kappa shape index (κ1) is 14.7. The van der Waals surface area contributed by atoms with E-state index in [0.29, 0.717) is 15.7 Å². The van der Waals surface area contributed by atoms with E-state index in [1.165, 1.54) is 0 Å². The number of thioether (sulfide) groups is 1. The SMILES string of the molecule is CCNc1ncc(Cl)c(N2CCSC(C)(C)CC2)n1. The normalized spacial score (nSPS) is 19.1. The molecule has 1 saturated heterocycles. The van der Waals surface area contributed by atoms with Crippen LogP contribution in [0.15, 0.2) is 6.20 Å². The number of nitrogens with zero attached hydrogens (tertiary/aromatic N) is 3. The van der Waals surface area contributed by atoms with Crippen LogP contribution in [0, 0.1) is 0 Å². The number of rotatable bonds is 3. The van der Waals surface area contributed by atoms with Gasteiger partial charge in [0.05, 0.1) is 6.20 Å². The molecule has 0 spiro atoms. The van der Waals surface area contributed by atoms with Gasteiger partial charge in [0.25, 0.3) is 0 Å². The van der Waals surface area contributed by atoms with Crippen LogP contribution in [-0.2, 0) is 0 Å². The Morgan fingerprint density at radius 3 is 3.00 bits per heavy atom. The van der Waals surface area contributed by atoms with Crippen LogP contribution in [0.1, 0.15) is 27.2 Å². The molecule has 0 atom stereocenters. The molecule has 1 N–H and O–H groups in total. The van der Waals surface area contributed by atoms with E-state index in [9.17, 15) is 0 Å². The van der Waals surface area contributed by atoms with Crippen molar-refractivity contribution >= 4 is 35.1 Å². The highest BCUT2D eigenvalue weighted by Crippen LogP contribution is 2.33. The van der Waals surface area contributed by atoms with Crippen LogP contribution in [0.25, 0.3) is 0 Å². The Morgan fingerprint density at radius 1 is 1.47 bits per heavy atom. The zero-order chi connectivity index (χ0) is 13.9.